The molecule has 3 N–H and O–H groups in total. The van der Waals surface area contributed by atoms with Crippen LogP contribution in [0.25, 0.3) is 0 Å². The van der Waals surface area contributed by atoms with Gasteiger partial charge < -0.3 is 10.4 Å². The largest absolute Gasteiger partial charge is 0.508 e. The summed E-state index contributed by atoms with van der Waals surface area (Å²) in [7, 11) is 0. The summed E-state index contributed by atoms with van der Waals surface area (Å²) in [5.74, 6) is 0.369. The third-order valence-corrected chi connectivity index (χ3v) is 1.97. The molecule has 1 heterocycles. The van der Waals surface area contributed by atoms with E-state index in [1.165, 1.54) is 6.07 Å². The minimum atomic E-state index is -0.294. The van der Waals surface area contributed by atoms with Gasteiger partial charge in [0.05, 0.1) is 0 Å². The summed E-state index contributed by atoms with van der Waals surface area (Å²) in [6.07, 6.45) is 0. The van der Waals surface area contributed by atoms with E-state index >= 15 is 0 Å². The average molecular weight is 218 g/mol. The number of rotatable bonds is 2. The number of aromatic amines is 1. The predicted molar refractivity (Wildman–Crippen MR) is 58.8 cm³/mol. The average Bonchev–Trinajstić information content (AvgIpc) is 2.24. The second-order valence-electron chi connectivity index (χ2n) is 3.26. The van der Waals surface area contributed by atoms with E-state index in [0.29, 0.717) is 11.4 Å². The molecule has 0 unspecified atom stereocenters. The Morgan fingerprint density at radius 3 is 2.88 bits per heavy atom. The molecule has 6 heteroatoms. The number of benzene rings is 1. The van der Waals surface area contributed by atoms with Crippen LogP contribution in [-0.4, -0.2) is 20.3 Å². The number of phenolic OH excluding ortho intramolecular Hbond substituents is 1. The van der Waals surface area contributed by atoms with Crippen LogP contribution in [-0.2, 0) is 0 Å². The molecule has 0 spiro atoms. The first-order valence-corrected chi connectivity index (χ1v) is 4.65. The van der Waals surface area contributed by atoms with Crippen LogP contribution in [0.15, 0.2) is 29.1 Å². The van der Waals surface area contributed by atoms with Gasteiger partial charge in [-0.2, -0.15) is 0 Å². The summed E-state index contributed by atoms with van der Waals surface area (Å²) >= 11 is 0. The first-order chi connectivity index (χ1) is 7.65. The Hall–Kier alpha value is -2.37. The fourth-order valence-corrected chi connectivity index (χ4v) is 1.17. The third-order valence-electron chi connectivity index (χ3n) is 1.97. The number of aryl methyl sites for hydroxylation is 1. The van der Waals surface area contributed by atoms with Crippen LogP contribution in [0.1, 0.15) is 5.69 Å². The summed E-state index contributed by atoms with van der Waals surface area (Å²) in [5, 5.41) is 19.5. The number of anilines is 2. The molecule has 2 rings (SSSR count). The maximum Gasteiger partial charge on any atom is 0.273 e. The molecule has 2 aromatic rings. The number of phenols is 1. The van der Waals surface area contributed by atoms with Crippen LogP contribution in [0, 0.1) is 6.92 Å². The van der Waals surface area contributed by atoms with E-state index in [2.05, 4.69) is 20.5 Å². The molecule has 16 heavy (non-hydrogen) atoms. The molecule has 0 aliphatic heterocycles. The maximum atomic E-state index is 11.2. The Morgan fingerprint density at radius 2 is 2.19 bits per heavy atom. The van der Waals surface area contributed by atoms with Gasteiger partial charge in [0.15, 0.2) is 0 Å². The summed E-state index contributed by atoms with van der Waals surface area (Å²) in [6, 6.07) is 6.48. The molecule has 0 aliphatic carbocycles. The molecule has 1 aromatic heterocycles. The van der Waals surface area contributed by atoms with Gasteiger partial charge in [-0.15, -0.1) is 10.2 Å². The highest BCUT2D eigenvalue weighted by atomic mass is 16.3. The SMILES string of the molecule is Cc1nnc(Nc2cccc(O)c2)[nH]c1=O. The van der Waals surface area contributed by atoms with Gasteiger partial charge in [0, 0.05) is 11.8 Å². The standard InChI is InChI=1S/C10H10N4O2/c1-6-9(16)12-10(14-13-6)11-7-3-2-4-8(15)5-7/h2-5,15H,1H3,(H2,11,12,14,16). The summed E-state index contributed by atoms with van der Waals surface area (Å²) in [5.41, 5.74) is 0.632. The number of H-pyrrole nitrogens is 1. The number of hydrogen-bond donors (Lipinski definition) is 3. The normalized spacial score (nSPS) is 10.1. The van der Waals surface area contributed by atoms with Crippen molar-refractivity contribution in [3.8, 4) is 5.75 Å². The molecule has 0 amide bonds. The number of aromatic hydroxyl groups is 1. The molecule has 6 nitrogen and oxygen atoms in total. The minimum absolute atomic E-state index is 0.132. The molecule has 0 aliphatic rings. The molecular formula is C10H10N4O2. The lowest BCUT2D eigenvalue weighted by Gasteiger charge is -2.04. The minimum Gasteiger partial charge on any atom is -0.508 e. The Morgan fingerprint density at radius 1 is 1.38 bits per heavy atom. The van der Waals surface area contributed by atoms with E-state index in [4.69, 9.17) is 0 Å². The van der Waals surface area contributed by atoms with Crippen molar-refractivity contribution in [1.29, 1.82) is 0 Å². The molecule has 0 fully saturated rings. The molecule has 1 aromatic carbocycles. The van der Waals surface area contributed by atoms with Crippen LogP contribution in [0.3, 0.4) is 0 Å². The van der Waals surface area contributed by atoms with Gasteiger partial charge in [-0.1, -0.05) is 6.07 Å². The zero-order valence-electron chi connectivity index (χ0n) is 8.56. The lowest BCUT2D eigenvalue weighted by Crippen LogP contribution is -2.15. The van der Waals surface area contributed by atoms with Crippen LogP contribution in [0.2, 0.25) is 0 Å². The van der Waals surface area contributed by atoms with Crippen molar-refractivity contribution in [1.82, 2.24) is 15.2 Å². The molecular weight excluding hydrogens is 208 g/mol. The van der Waals surface area contributed by atoms with Gasteiger partial charge in [-0.3, -0.25) is 9.78 Å². The van der Waals surface area contributed by atoms with E-state index in [1.807, 2.05) is 0 Å². The first kappa shape index (κ1) is 10.2. The summed E-state index contributed by atoms with van der Waals surface area (Å²) in [4.78, 5) is 13.8. The van der Waals surface area contributed by atoms with Gasteiger partial charge in [0.25, 0.3) is 5.56 Å². The molecule has 0 bridgehead atoms. The van der Waals surface area contributed by atoms with Gasteiger partial charge >= 0.3 is 0 Å². The lowest BCUT2D eigenvalue weighted by atomic mass is 10.3. The summed E-state index contributed by atoms with van der Waals surface area (Å²) < 4.78 is 0. The monoisotopic (exact) mass is 218 g/mol. The van der Waals surface area contributed by atoms with Crippen LogP contribution < -0.4 is 10.9 Å². The quantitative estimate of drug-likeness (QED) is 0.697. The lowest BCUT2D eigenvalue weighted by molar-refractivity contribution is 0.475. The van der Waals surface area contributed by atoms with E-state index in [1.54, 1.807) is 25.1 Å². The Kier molecular flexibility index (Phi) is 2.55. The number of nitrogens with one attached hydrogen (secondary N) is 2. The number of hydrogen-bond acceptors (Lipinski definition) is 5. The maximum absolute atomic E-state index is 11.2. The van der Waals surface area contributed by atoms with Gasteiger partial charge in [-0.25, -0.2) is 0 Å². The smallest absolute Gasteiger partial charge is 0.273 e. The van der Waals surface area contributed by atoms with E-state index in [-0.39, 0.29) is 17.3 Å². The Balaban J connectivity index is 2.27. The molecule has 0 saturated heterocycles. The Bertz CT molecular complexity index is 565. The topological polar surface area (TPSA) is 90.9 Å². The van der Waals surface area contributed by atoms with Crippen molar-refractivity contribution in [3.63, 3.8) is 0 Å². The van der Waals surface area contributed by atoms with E-state index in [0.717, 1.165) is 0 Å². The van der Waals surface area contributed by atoms with Crippen molar-refractivity contribution < 1.29 is 5.11 Å². The second-order valence-corrected chi connectivity index (χ2v) is 3.26. The number of nitrogens with zero attached hydrogens (tertiary/aromatic N) is 2. The molecule has 0 radical (unpaired) electrons. The second kappa shape index (κ2) is 4.01. The van der Waals surface area contributed by atoms with Crippen molar-refractivity contribution in [2.24, 2.45) is 0 Å². The van der Waals surface area contributed by atoms with Crippen LogP contribution in [0.4, 0.5) is 11.6 Å². The third kappa shape index (κ3) is 2.17. The van der Waals surface area contributed by atoms with Gasteiger partial charge in [0.2, 0.25) is 5.95 Å². The molecule has 0 atom stereocenters. The Labute approximate surface area is 91.0 Å². The highest BCUT2D eigenvalue weighted by Gasteiger charge is 2.00. The zero-order chi connectivity index (χ0) is 11.5. The van der Waals surface area contributed by atoms with Crippen molar-refractivity contribution in [2.75, 3.05) is 5.32 Å². The highest BCUT2D eigenvalue weighted by Crippen LogP contribution is 2.17. The number of aromatic nitrogens is 3. The molecule has 82 valence electrons. The van der Waals surface area contributed by atoms with Crippen molar-refractivity contribution >= 4 is 11.6 Å². The van der Waals surface area contributed by atoms with Gasteiger partial charge in [0.1, 0.15) is 11.4 Å². The van der Waals surface area contributed by atoms with E-state index in [9.17, 15) is 9.90 Å². The van der Waals surface area contributed by atoms with Crippen molar-refractivity contribution in [3.05, 3.63) is 40.3 Å². The van der Waals surface area contributed by atoms with Crippen LogP contribution in [0.5, 0.6) is 5.75 Å². The zero-order valence-corrected chi connectivity index (χ0v) is 8.56. The highest BCUT2D eigenvalue weighted by molar-refractivity contribution is 5.54. The van der Waals surface area contributed by atoms with E-state index < -0.39 is 0 Å². The van der Waals surface area contributed by atoms with Crippen molar-refractivity contribution in [2.45, 2.75) is 6.92 Å². The molecule has 0 saturated carbocycles. The first-order valence-electron chi connectivity index (χ1n) is 4.65. The predicted octanol–water partition coefficient (Wildman–Crippen LogP) is 0.923. The fraction of sp³-hybridized carbons (Fsp3) is 0.100. The summed E-state index contributed by atoms with van der Waals surface area (Å²) in [6.45, 7) is 1.57. The fourth-order valence-electron chi connectivity index (χ4n) is 1.17. The van der Waals surface area contributed by atoms with Crippen LogP contribution >= 0.6 is 0 Å². The van der Waals surface area contributed by atoms with Gasteiger partial charge in [-0.05, 0) is 19.1 Å².